The van der Waals surface area contributed by atoms with Gasteiger partial charge >= 0.3 is 12.1 Å². The van der Waals surface area contributed by atoms with Gasteiger partial charge in [-0.25, -0.2) is 4.79 Å². The van der Waals surface area contributed by atoms with Crippen LogP contribution in [0.25, 0.3) is 11.1 Å². The molecule has 2 aliphatic rings. The summed E-state index contributed by atoms with van der Waals surface area (Å²) in [5.74, 6) is -1.86. The summed E-state index contributed by atoms with van der Waals surface area (Å²) in [7, 11) is 0. The van der Waals surface area contributed by atoms with Crippen LogP contribution in [-0.2, 0) is 14.3 Å². The molecule has 3 atom stereocenters. The van der Waals surface area contributed by atoms with Gasteiger partial charge in [-0.05, 0) is 54.9 Å². The Morgan fingerprint density at radius 3 is 2.37 bits per heavy atom. The van der Waals surface area contributed by atoms with Gasteiger partial charge in [0.2, 0.25) is 5.91 Å². The van der Waals surface area contributed by atoms with Crippen molar-refractivity contribution in [1.82, 2.24) is 10.2 Å². The highest BCUT2D eigenvalue weighted by Gasteiger charge is 2.38. The van der Waals surface area contributed by atoms with Crippen LogP contribution in [-0.4, -0.2) is 53.2 Å². The molecule has 2 aromatic carbocycles. The Kier molecular flexibility index (Phi) is 7.54. The van der Waals surface area contributed by atoms with Crippen molar-refractivity contribution in [2.75, 3.05) is 13.2 Å². The van der Waals surface area contributed by atoms with E-state index in [4.69, 9.17) is 4.74 Å². The summed E-state index contributed by atoms with van der Waals surface area (Å²) in [6.07, 6.45) is 3.09. The van der Waals surface area contributed by atoms with Crippen molar-refractivity contribution < 1.29 is 24.2 Å². The summed E-state index contributed by atoms with van der Waals surface area (Å²) in [6, 6.07) is 14.9. The van der Waals surface area contributed by atoms with Crippen molar-refractivity contribution in [2.45, 2.75) is 50.6 Å². The monoisotopic (exact) mass is 476 g/mol. The predicted molar refractivity (Wildman–Crippen MR) is 133 cm³/mol. The molecule has 1 aliphatic carbocycles. The molecule has 2 aromatic rings. The zero-order chi connectivity index (χ0) is 24.9. The Morgan fingerprint density at radius 1 is 1.14 bits per heavy atom. The first-order valence-electron chi connectivity index (χ1n) is 12.2. The molecule has 1 heterocycles. The number of allylic oxidation sites excluding steroid dienone is 1. The Hall–Kier alpha value is -3.61. The van der Waals surface area contributed by atoms with Gasteiger partial charge in [-0.3, -0.25) is 9.59 Å². The normalized spacial score (nSPS) is 19.9. The number of carboxylic acid groups (broad SMARTS) is 1. The number of aliphatic carboxylic acids is 1. The van der Waals surface area contributed by atoms with Gasteiger partial charge in [0.15, 0.2) is 0 Å². The first-order valence-corrected chi connectivity index (χ1v) is 12.2. The fourth-order valence-electron chi connectivity index (χ4n) is 5.31. The van der Waals surface area contributed by atoms with Crippen LogP contribution in [0.2, 0.25) is 0 Å². The minimum atomic E-state index is -0.901. The van der Waals surface area contributed by atoms with Crippen LogP contribution in [0.4, 0.5) is 4.79 Å². The van der Waals surface area contributed by atoms with Gasteiger partial charge in [0, 0.05) is 18.5 Å². The van der Waals surface area contributed by atoms with Gasteiger partial charge in [0.05, 0.1) is 5.92 Å². The summed E-state index contributed by atoms with van der Waals surface area (Å²) < 4.78 is 5.63. The number of ether oxygens (including phenoxy) is 1. The van der Waals surface area contributed by atoms with Crippen molar-refractivity contribution in [1.29, 1.82) is 0 Å². The molecular weight excluding hydrogens is 444 g/mol. The third-order valence-electron chi connectivity index (χ3n) is 7.18. The number of benzene rings is 2. The van der Waals surface area contributed by atoms with E-state index in [9.17, 15) is 19.5 Å². The lowest BCUT2D eigenvalue weighted by atomic mass is 9.89. The first kappa shape index (κ1) is 24.5. The fraction of sp³-hybridized carbons (Fsp3) is 0.393. The van der Waals surface area contributed by atoms with Gasteiger partial charge in [-0.1, -0.05) is 54.6 Å². The maximum Gasteiger partial charge on any atom is 0.407 e. The highest BCUT2D eigenvalue weighted by atomic mass is 16.5. The van der Waals surface area contributed by atoms with E-state index in [-0.39, 0.29) is 18.4 Å². The van der Waals surface area contributed by atoms with Gasteiger partial charge in [0.1, 0.15) is 12.6 Å². The molecule has 0 spiro atoms. The van der Waals surface area contributed by atoms with Crippen molar-refractivity contribution in [3.8, 4) is 11.1 Å². The smallest absolute Gasteiger partial charge is 0.407 e. The minimum Gasteiger partial charge on any atom is -0.481 e. The Labute approximate surface area is 205 Å². The summed E-state index contributed by atoms with van der Waals surface area (Å²) in [6.45, 7) is 6.11. The number of hydrogen-bond donors (Lipinski definition) is 2. The number of carbonyl (C=O) groups excluding carboxylic acids is 2. The average Bonchev–Trinajstić information content (AvgIpc) is 3.18. The second-order valence-corrected chi connectivity index (χ2v) is 9.25. The molecule has 1 saturated heterocycles. The van der Waals surface area contributed by atoms with Crippen molar-refractivity contribution in [3.05, 3.63) is 72.3 Å². The number of carboxylic acids is 1. The van der Waals surface area contributed by atoms with Crippen molar-refractivity contribution in [2.24, 2.45) is 5.92 Å². The number of likely N-dealkylation sites (tertiary alicyclic amines) is 1. The topological polar surface area (TPSA) is 95.9 Å². The van der Waals surface area contributed by atoms with Crippen molar-refractivity contribution in [3.63, 3.8) is 0 Å². The molecule has 35 heavy (non-hydrogen) atoms. The lowest BCUT2D eigenvalue weighted by Crippen LogP contribution is -2.56. The standard InChI is InChI=1S/C28H32N2O5/c1-3-4-15-25(26(31)30-16-9-14-19(18(30)2)27(32)33)29-28(34)35-17-24-22-12-7-5-10-20(22)21-11-6-8-13-23(21)24/h3,5-8,10-13,18-19,24-25H,1,4,9,14-17H2,2H3,(H,29,34)(H,32,33). The molecule has 0 saturated carbocycles. The van der Waals surface area contributed by atoms with E-state index in [1.54, 1.807) is 17.9 Å². The lowest BCUT2D eigenvalue weighted by molar-refractivity contribution is -0.149. The average molecular weight is 477 g/mol. The number of amides is 2. The lowest BCUT2D eigenvalue weighted by Gasteiger charge is -2.39. The minimum absolute atomic E-state index is 0.0751. The van der Waals surface area contributed by atoms with Crippen molar-refractivity contribution >= 4 is 18.0 Å². The first-order chi connectivity index (χ1) is 16.9. The number of carbonyl (C=O) groups is 3. The number of fused-ring (bicyclic) bond motifs is 3. The van der Waals surface area contributed by atoms with E-state index >= 15 is 0 Å². The summed E-state index contributed by atoms with van der Waals surface area (Å²) in [4.78, 5) is 39.3. The molecule has 2 N–H and O–H groups in total. The van der Waals surface area contributed by atoms with Crippen LogP contribution < -0.4 is 5.32 Å². The van der Waals surface area contributed by atoms with E-state index in [2.05, 4.69) is 24.0 Å². The molecule has 3 unspecified atom stereocenters. The zero-order valence-electron chi connectivity index (χ0n) is 20.0. The molecule has 7 nitrogen and oxygen atoms in total. The van der Waals surface area contributed by atoms with E-state index in [1.165, 1.54) is 0 Å². The molecular formula is C28H32N2O5. The van der Waals surface area contributed by atoms with Gasteiger partial charge < -0.3 is 20.1 Å². The number of nitrogens with zero attached hydrogens (tertiary/aromatic N) is 1. The summed E-state index contributed by atoms with van der Waals surface area (Å²) >= 11 is 0. The number of nitrogens with one attached hydrogen (secondary N) is 1. The Morgan fingerprint density at radius 2 is 1.77 bits per heavy atom. The molecule has 4 rings (SSSR count). The second-order valence-electron chi connectivity index (χ2n) is 9.25. The van der Waals surface area contributed by atoms with E-state index in [0.717, 1.165) is 22.3 Å². The zero-order valence-corrected chi connectivity index (χ0v) is 20.0. The van der Waals surface area contributed by atoms with Gasteiger partial charge in [-0.15, -0.1) is 6.58 Å². The molecule has 1 aliphatic heterocycles. The quantitative estimate of drug-likeness (QED) is 0.544. The Balaban J connectivity index is 1.43. The molecule has 0 radical (unpaired) electrons. The van der Waals surface area contributed by atoms with E-state index in [1.807, 2.05) is 36.4 Å². The van der Waals surface area contributed by atoms with Crippen LogP contribution in [0.5, 0.6) is 0 Å². The van der Waals surface area contributed by atoms with Crippen LogP contribution in [0.15, 0.2) is 61.2 Å². The highest BCUT2D eigenvalue weighted by molar-refractivity contribution is 5.87. The third-order valence-corrected chi connectivity index (χ3v) is 7.18. The number of hydrogen-bond acceptors (Lipinski definition) is 4. The Bertz CT molecular complexity index is 1070. The van der Waals surface area contributed by atoms with Crippen LogP contribution in [0.1, 0.15) is 49.7 Å². The maximum atomic E-state index is 13.3. The van der Waals surface area contributed by atoms with Gasteiger partial charge in [-0.2, -0.15) is 0 Å². The number of alkyl carbamates (subject to hydrolysis) is 1. The van der Waals surface area contributed by atoms with E-state index in [0.29, 0.717) is 32.2 Å². The highest BCUT2D eigenvalue weighted by Crippen LogP contribution is 2.44. The molecule has 1 fully saturated rings. The van der Waals surface area contributed by atoms with Crippen LogP contribution in [0, 0.1) is 5.92 Å². The predicted octanol–water partition coefficient (Wildman–Crippen LogP) is 4.57. The largest absolute Gasteiger partial charge is 0.481 e. The van der Waals surface area contributed by atoms with Crippen LogP contribution >= 0.6 is 0 Å². The maximum absolute atomic E-state index is 13.3. The molecule has 0 aromatic heterocycles. The summed E-state index contributed by atoms with van der Waals surface area (Å²) in [5.41, 5.74) is 4.51. The van der Waals surface area contributed by atoms with Crippen LogP contribution in [0.3, 0.4) is 0 Å². The molecule has 7 heteroatoms. The third kappa shape index (κ3) is 5.09. The summed E-state index contributed by atoms with van der Waals surface area (Å²) in [5, 5.41) is 12.2. The SMILES string of the molecule is C=CCCC(NC(=O)OCC1c2ccccc2-c2ccccc21)C(=O)N1CCCC(C(=O)O)C1C. The molecule has 184 valence electrons. The fourth-order valence-corrected chi connectivity index (χ4v) is 5.31. The number of rotatable bonds is 8. The number of piperidine rings is 1. The molecule has 2 amide bonds. The van der Waals surface area contributed by atoms with E-state index < -0.39 is 30.1 Å². The van der Waals surface area contributed by atoms with Gasteiger partial charge in [0.25, 0.3) is 0 Å². The molecule has 0 bridgehead atoms. The second kappa shape index (κ2) is 10.8.